The molecule has 1 heterocycles. The van der Waals surface area contributed by atoms with Gasteiger partial charge in [-0.3, -0.25) is 9.82 Å². The van der Waals surface area contributed by atoms with E-state index in [0.717, 1.165) is 0 Å². The van der Waals surface area contributed by atoms with Crippen LogP contribution in [0.5, 0.6) is 0 Å². The number of nitrogens with one attached hydrogen (secondary N) is 3. The second kappa shape index (κ2) is 5.14. The van der Waals surface area contributed by atoms with Gasteiger partial charge in [-0.15, -0.1) is 0 Å². The zero-order chi connectivity index (χ0) is 12.2. The van der Waals surface area contributed by atoms with Crippen LogP contribution < -0.4 is 15.2 Å². The number of ether oxygens (including phenoxy) is 1. The predicted octanol–water partition coefficient (Wildman–Crippen LogP) is -0.807. The second-order valence-electron chi connectivity index (χ2n) is 3.10. The van der Waals surface area contributed by atoms with Crippen molar-refractivity contribution in [3.05, 3.63) is 5.69 Å². The number of nitrogen functional groups attached to an aromatic ring is 1. The number of hydrogen-bond donors (Lipinski definition) is 4. The summed E-state index contributed by atoms with van der Waals surface area (Å²) in [4.78, 5) is 0. The normalized spacial score (nSPS) is 11.6. The summed E-state index contributed by atoms with van der Waals surface area (Å²) >= 11 is 0. The summed E-state index contributed by atoms with van der Waals surface area (Å²) in [5, 5.41) is 6.29. The van der Waals surface area contributed by atoms with Crippen molar-refractivity contribution in [3.63, 3.8) is 0 Å². The summed E-state index contributed by atoms with van der Waals surface area (Å²) < 4.78 is 32.1. The molecule has 1 aromatic heterocycles. The molecule has 0 saturated carbocycles. The van der Waals surface area contributed by atoms with Crippen LogP contribution in [-0.2, 0) is 14.9 Å². The number of nitrogens with zero attached hydrogens (tertiary/aromatic N) is 1. The molecule has 9 heteroatoms. The lowest BCUT2D eigenvalue weighted by atomic mass is 10.4. The van der Waals surface area contributed by atoms with Gasteiger partial charge in [-0.1, -0.05) is 0 Å². The molecule has 0 aliphatic carbocycles. The number of aryl methyl sites for hydroxylation is 1. The van der Waals surface area contributed by atoms with Gasteiger partial charge >= 0.3 is 0 Å². The molecule has 0 atom stereocenters. The number of hydrogen-bond acceptors (Lipinski definition) is 5. The molecule has 5 N–H and O–H groups in total. The first-order chi connectivity index (χ1) is 7.46. The van der Waals surface area contributed by atoms with Gasteiger partial charge in [0.1, 0.15) is 0 Å². The van der Waals surface area contributed by atoms with Crippen LogP contribution in [0, 0.1) is 6.92 Å². The molecule has 0 aromatic carbocycles. The van der Waals surface area contributed by atoms with Gasteiger partial charge in [-0.2, -0.15) is 18.2 Å². The molecule has 0 bridgehead atoms. The van der Waals surface area contributed by atoms with E-state index in [-0.39, 0.29) is 24.7 Å². The fourth-order valence-corrected chi connectivity index (χ4v) is 1.79. The topological polar surface area (TPSA) is 122 Å². The smallest absolute Gasteiger partial charge is 0.300 e. The lowest BCUT2D eigenvalue weighted by molar-refractivity contribution is 0.204. The SMILES string of the molecule is COCCNS(=O)(=O)Nc1n[nH]c(C)c1N. The average molecular weight is 249 g/mol. The first-order valence-electron chi connectivity index (χ1n) is 4.53. The van der Waals surface area contributed by atoms with Crippen molar-refractivity contribution in [3.8, 4) is 0 Å². The zero-order valence-corrected chi connectivity index (χ0v) is 9.89. The van der Waals surface area contributed by atoms with Crippen molar-refractivity contribution >= 4 is 21.7 Å². The lowest BCUT2D eigenvalue weighted by Gasteiger charge is -2.07. The highest BCUT2D eigenvalue weighted by molar-refractivity contribution is 7.90. The van der Waals surface area contributed by atoms with Crippen LogP contribution in [0.4, 0.5) is 11.5 Å². The predicted molar refractivity (Wildman–Crippen MR) is 60.2 cm³/mol. The van der Waals surface area contributed by atoms with Gasteiger partial charge in [-0.05, 0) is 6.92 Å². The maximum absolute atomic E-state index is 11.4. The number of aromatic nitrogens is 2. The Morgan fingerprint density at radius 1 is 1.56 bits per heavy atom. The third-order valence-electron chi connectivity index (χ3n) is 1.82. The quantitative estimate of drug-likeness (QED) is 0.491. The first-order valence-corrected chi connectivity index (χ1v) is 6.01. The van der Waals surface area contributed by atoms with Crippen LogP contribution in [0.25, 0.3) is 0 Å². The zero-order valence-electron chi connectivity index (χ0n) is 9.07. The van der Waals surface area contributed by atoms with Crippen molar-refractivity contribution in [2.45, 2.75) is 6.92 Å². The van der Waals surface area contributed by atoms with Crippen LogP contribution in [0.3, 0.4) is 0 Å². The average Bonchev–Trinajstić information content (AvgIpc) is 2.49. The highest BCUT2D eigenvalue weighted by Gasteiger charge is 2.14. The summed E-state index contributed by atoms with van der Waals surface area (Å²) in [6, 6.07) is 0. The standard InChI is InChI=1S/C7H15N5O3S/c1-5-6(8)7(11-10-5)12-16(13,14)9-3-4-15-2/h9H,3-4,8H2,1-2H3,(H2,10,11,12). The van der Waals surface area contributed by atoms with Crippen molar-refractivity contribution in [2.24, 2.45) is 0 Å². The summed E-state index contributed by atoms with van der Waals surface area (Å²) in [7, 11) is -2.18. The molecule has 0 unspecified atom stereocenters. The minimum absolute atomic E-state index is 0.0856. The van der Waals surface area contributed by atoms with Crippen molar-refractivity contribution in [1.29, 1.82) is 0 Å². The summed E-state index contributed by atoms with van der Waals surface area (Å²) in [5.74, 6) is 0.0856. The van der Waals surface area contributed by atoms with Crippen LogP contribution in [0.15, 0.2) is 0 Å². The molecule has 0 fully saturated rings. The van der Waals surface area contributed by atoms with E-state index in [1.807, 2.05) is 0 Å². The minimum Gasteiger partial charge on any atom is -0.394 e. The summed E-state index contributed by atoms with van der Waals surface area (Å²) in [5.41, 5.74) is 6.47. The number of rotatable bonds is 6. The molecule has 0 aliphatic heterocycles. The Hall–Kier alpha value is -1.32. The van der Waals surface area contributed by atoms with Gasteiger partial charge in [0.25, 0.3) is 10.2 Å². The Morgan fingerprint density at radius 2 is 2.25 bits per heavy atom. The third kappa shape index (κ3) is 3.36. The minimum atomic E-state index is -3.66. The molecular formula is C7H15N5O3S. The molecule has 1 rings (SSSR count). The molecule has 1 aromatic rings. The molecule has 8 nitrogen and oxygen atoms in total. The van der Waals surface area contributed by atoms with E-state index in [1.165, 1.54) is 7.11 Å². The third-order valence-corrected chi connectivity index (χ3v) is 2.87. The summed E-state index contributed by atoms with van der Waals surface area (Å²) in [6.45, 7) is 2.16. The van der Waals surface area contributed by atoms with Gasteiger partial charge < -0.3 is 10.5 Å². The summed E-state index contributed by atoms with van der Waals surface area (Å²) in [6.07, 6.45) is 0. The number of nitrogens with two attached hydrogens (primary N) is 1. The van der Waals surface area contributed by atoms with Crippen LogP contribution >= 0.6 is 0 Å². The highest BCUT2D eigenvalue weighted by atomic mass is 32.2. The second-order valence-corrected chi connectivity index (χ2v) is 4.60. The van der Waals surface area contributed by atoms with Crippen LogP contribution in [-0.4, -0.2) is 38.9 Å². The van der Waals surface area contributed by atoms with Crippen molar-refractivity contribution in [1.82, 2.24) is 14.9 Å². The monoisotopic (exact) mass is 249 g/mol. The van der Waals surface area contributed by atoms with E-state index in [1.54, 1.807) is 6.92 Å². The molecule has 0 saturated heterocycles. The van der Waals surface area contributed by atoms with Crippen LogP contribution in [0.1, 0.15) is 5.69 Å². The molecule has 0 aliphatic rings. The Kier molecular flexibility index (Phi) is 4.10. The van der Waals surface area contributed by atoms with E-state index in [0.29, 0.717) is 5.69 Å². The van der Waals surface area contributed by atoms with E-state index >= 15 is 0 Å². The lowest BCUT2D eigenvalue weighted by Crippen LogP contribution is -2.32. The Labute approximate surface area is 93.7 Å². The van der Waals surface area contributed by atoms with E-state index in [4.69, 9.17) is 10.5 Å². The fourth-order valence-electron chi connectivity index (χ4n) is 0.957. The van der Waals surface area contributed by atoms with Gasteiger partial charge in [0, 0.05) is 13.7 Å². The van der Waals surface area contributed by atoms with Crippen molar-refractivity contribution in [2.75, 3.05) is 30.7 Å². The Morgan fingerprint density at radius 3 is 2.75 bits per heavy atom. The van der Waals surface area contributed by atoms with Gasteiger partial charge in [0.2, 0.25) is 0 Å². The molecular weight excluding hydrogens is 234 g/mol. The Bertz CT molecular complexity index is 441. The highest BCUT2D eigenvalue weighted by Crippen LogP contribution is 2.18. The Balaban J connectivity index is 2.62. The number of methoxy groups -OCH3 is 1. The van der Waals surface area contributed by atoms with Crippen molar-refractivity contribution < 1.29 is 13.2 Å². The number of aromatic amines is 1. The number of anilines is 2. The fraction of sp³-hybridized carbons (Fsp3) is 0.571. The largest absolute Gasteiger partial charge is 0.394 e. The van der Waals surface area contributed by atoms with Gasteiger partial charge in [0.05, 0.1) is 18.0 Å². The first kappa shape index (κ1) is 12.7. The maximum atomic E-state index is 11.4. The van der Waals surface area contributed by atoms with Crippen LogP contribution in [0.2, 0.25) is 0 Å². The van der Waals surface area contributed by atoms with E-state index < -0.39 is 10.2 Å². The van der Waals surface area contributed by atoms with Gasteiger partial charge in [0.15, 0.2) is 5.82 Å². The molecule has 0 radical (unpaired) electrons. The molecule has 92 valence electrons. The molecule has 0 spiro atoms. The van der Waals surface area contributed by atoms with E-state index in [2.05, 4.69) is 19.6 Å². The maximum Gasteiger partial charge on any atom is 0.300 e. The molecule has 16 heavy (non-hydrogen) atoms. The van der Waals surface area contributed by atoms with Gasteiger partial charge in [-0.25, -0.2) is 0 Å². The molecule has 0 amide bonds. The van der Waals surface area contributed by atoms with E-state index in [9.17, 15) is 8.42 Å². The number of H-pyrrole nitrogens is 1.